The molecule has 0 radical (unpaired) electrons. The molecule has 1 aromatic heterocycles. The highest BCUT2D eigenvalue weighted by Gasteiger charge is 2.30. The second kappa shape index (κ2) is 6.79. The minimum Gasteiger partial charge on any atom is -0.381 e. The highest BCUT2D eigenvalue weighted by Crippen LogP contribution is 2.30. The van der Waals surface area contributed by atoms with E-state index in [1.807, 2.05) is 6.92 Å². The SMILES string of the molecule is Cc1ccc(S(=O)(=O)n2c(CC3(O)C=CC(=O)C=C3)cc3cc(F)ccc32)cc1. The summed E-state index contributed by atoms with van der Waals surface area (Å²) in [5.41, 5.74) is -0.0238. The number of carbonyl (C=O) groups excluding carboxylic acids is 1. The van der Waals surface area contributed by atoms with Crippen LogP contribution in [-0.2, 0) is 21.2 Å². The van der Waals surface area contributed by atoms with Crippen molar-refractivity contribution in [2.24, 2.45) is 0 Å². The monoisotopic (exact) mass is 411 g/mol. The summed E-state index contributed by atoms with van der Waals surface area (Å²) < 4.78 is 41.7. The molecular weight excluding hydrogens is 393 g/mol. The largest absolute Gasteiger partial charge is 0.381 e. The Morgan fingerprint density at radius 2 is 1.69 bits per heavy atom. The molecule has 0 fully saturated rings. The standard InChI is InChI=1S/C22H18FNO4S/c1-15-2-5-20(6-3-15)29(27,28)24-18(13-16-12-17(23)4-7-21(16)24)14-22(26)10-8-19(25)9-11-22/h2-13,26H,14H2,1H3. The van der Waals surface area contributed by atoms with Gasteiger partial charge in [0.25, 0.3) is 10.0 Å². The molecule has 1 aliphatic rings. The third-order valence-electron chi connectivity index (χ3n) is 4.89. The van der Waals surface area contributed by atoms with Gasteiger partial charge in [-0.25, -0.2) is 16.8 Å². The molecule has 148 valence electrons. The number of fused-ring (bicyclic) bond motifs is 1. The van der Waals surface area contributed by atoms with Crippen molar-refractivity contribution in [1.82, 2.24) is 3.97 Å². The molecule has 3 aromatic rings. The van der Waals surface area contributed by atoms with Gasteiger partial charge in [-0.05, 0) is 67.6 Å². The number of rotatable bonds is 4. The molecule has 5 nitrogen and oxygen atoms in total. The lowest BCUT2D eigenvalue weighted by atomic mass is 9.92. The van der Waals surface area contributed by atoms with E-state index in [-0.39, 0.29) is 22.8 Å². The van der Waals surface area contributed by atoms with Gasteiger partial charge in [0.2, 0.25) is 0 Å². The molecule has 1 heterocycles. The van der Waals surface area contributed by atoms with E-state index < -0.39 is 21.4 Å². The molecule has 0 spiro atoms. The summed E-state index contributed by atoms with van der Waals surface area (Å²) in [6.07, 6.45) is 5.03. The van der Waals surface area contributed by atoms with Crippen LogP contribution in [0.15, 0.2) is 77.7 Å². The van der Waals surface area contributed by atoms with E-state index in [0.29, 0.717) is 10.9 Å². The first-order valence-electron chi connectivity index (χ1n) is 8.95. The second-order valence-corrected chi connectivity index (χ2v) is 8.95. The maximum Gasteiger partial charge on any atom is 0.268 e. The molecule has 7 heteroatoms. The first-order valence-corrected chi connectivity index (χ1v) is 10.4. The van der Waals surface area contributed by atoms with Crippen molar-refractivity contribution in [1.29, 1.82) is 0 Å². The van der Waals surface area contributed by atoms with Crippen molar-refractivity contribution >= 4 is 26.7 Å². The number of aromatic nitrogens is 1. The third-order valence-corrected chi connectivity index (χ3v) is 6.67. The van der Waals surface area contributed by atoms with E-state index in [0.717, 1.165) is 9.54 Å². The lowest BCUT2D eigenvalue weighted by Gasteiger charge is -2.23. The predicted octanol–water partition coefficient (Wildman–Crippen LogP) is 3.29. The van der Waals surface area contributed by atoms with E-state index in [1.165, 1.54) is 54.6 Å². The van der Waals surface area contributed by atoms with Gasteiger partial charge >= 0.3 is 0 Å². The fourth-order valence-electron chi connectivity index (χ4n) is 3.41. The maximum atomic E-state index is 13.8. The lowest BCUT2D eigenvalue weighted by molar-refractivity contribution is -0.110. The van der Waals surface area contributed by atoms with Crippen LogP contribution in [0.1, 0.15) is 11.3 Å². The average molecular weight is 411 g/mol. The van der Waals surface area contributed by atoms with Crippen LogP contribution in [0.5, 0.6) is 0 Å². The Balaban J connectivity index is 1.91. The number of hydrogen-bond donors (Lipinski definition) is 1. The zero-order valence-corrected chi connectivity index (χ0v) is 16.4. The van der Waals surface area contributed by atoms with Gasteiger partial charge in [-0.2, -0.15) is 0 Å². The Hall–Kier alpha value is -3.03. The fraction of sp³-hybridized carbons (Fsp3) is 0.136. The number of benzene rings is 2. The van der Waals surface area contributed by atoms with Gasteiger partial charge in [-0.15, -0.1) is 0 Å². The molecule has 29 heavy (non-hydrogen) atoms. The third kappa shape index (κ3) is 3.54. The van der Waals surface area contributed by atoms with Gasteiger partial charge in [0.15, 0.2) is 5.78 Å². The van der Waals surface area contributed by atoms with Crippen LogP contribution in [0, 0.1) is 12.7 Å². The van der Waals surface area contributed by atoms with Crippen LogP contribution < -0.4 is 0 Å². The van der Waals surface area contributed by atoms with Crippen molar-refractivity contribution in [3.8, 4) is 0 Å². The van der Waals surface area contributed by atoms with Gasteiger partial charge in [-0.1, -0.05) is 17.7 Å². The summed E-state index contributed by atoms with van der Waals surface area (Å²) >= 11 is 0. The number of ketones is 1. The Morgan fingerprint density at radius 1 is 1.03 bits per heavy atom. The highest BCUT2D eigenvalue weighted by molar-refractivity contribution is 7.90. The van der Waals surface area contributed by atoms with Crippen LogP contribution in [0.3, 0.4) is 0 Å². The number of aryl methyl sites for hydroxylation is 1. The van der Waals surface area contributed by atoms with Crippen LogP contribution in [0.4, 0.5) is 4.39 Å². The van der Waals surface area contributed by atoms with Crippen molar-refractivity contribution < 1.29 is 22.7 Å². The predicted molar refractivity (Wildman–Crippen MR) is 108 cm³/mol. The Morgan fingerprint density at radius 3 is 2.34 bits per heavy atom. The summed E-state index contributed by atoms with van der Waals surface area (Å²) in [6.45, 7) is 1.86. The molecule has 0 bridgehead atoms. The summed E-state index contributed by atoms with van der Waals surface area (Å²) in [4.78, 5) is 11.5. The number of allylic oxidation sites excluding steroid dienone is 2. The quantitative estimate of drug-likeness (QED) is 0.715. The smallest absolute Gasteiger partial charge is 0.268 e. The zero-order chi connectivity index (χ0) is 20.8. The van der Waals surface area contributed by atoms with Crippen molar-refractivity contribution in [3.05, 3.63) is 89.9 Å². The Labute approximate surface area is 167 Å². The molecule has 0 aliphatic heterocycles. The van der Waals surface area contributed by atoms with Crippen LogP contribution in [0.2, 0.25) is 0 Å². The normalized spacial score (nSPS) is 15.9. The Bertz CT molecular complexity index is 1270. The van der Waals surface area contributed by atoms with Gasteiger partial charge in [0.1, 0.15) is 11.4 Å². The molecule has 4 rings (SSSR count). The molecule has 1 N–H and O–H groups in total. The molecule has 2 aromatic carbocycles. The van der Waals surface area contributed by atoms with E-state index >= 15 is 0 Å². The van der Waals surface area contributed by atoms with Crippen LogP contribution in [0.25, 0.3) is 10.9 Å². The van der Waals surface area contributed by atoms with E-state index in [4.69, 9.17) is 0 Å². The number of carbonyl (C=O) groups is 1. The van der Waals surface area contributed by atoms with Gasteiger partial charge in [-0.3, -0.25) is 4.79 Å². The fourth-order valence-corrected chi connectivity index (χ4v) is 4.96. The summed E-state index contributed by atoms with van der Waals surface area (Å²) in [7, 11) is -4.00. The van der Waals surface area contributed by atoms with Crippen molar-refractivity contribution in [2.45, 2.75) is 23.8 Å². The number of hydrogen-bond acceptors (Lipinski definition) is 4. The maximum absolute atomic E-state index is 13.8. The van der Waals surface area contributed by atoms with Gasteiger partial charge in [0.05, 0.1) is 10.4 Å². The lowest BCUT2D eigenvalue weighted by Crippen LogP contribution is -2.30. The first-order chi connectivity index (χ1) is 13.7. The van der Waals surface area contributed by atoms with Crippen LogP contribution >= 0.6 is 0 Å². The minimum atomic E-state index is -4.00. The number of halogens is 1. The van der Waals surface area contributed by atoms with Gasteiger partial charge in [0, 0.05) is 17.5 Å². The highest BCUT2D eigenvalue weighted by atomic mass is 32.2. The number of nitrogens with zero attached hydrogens (tertiary/aromatic N) is 1. The summed E-state index contributed by atoms with van der Waals surface area (Å²) in [5, 5.41) is 11.2. The van der Waals surface area contributed by atoms with E-state index in [1.54, 1.807) is 18.2 Å². The molecule has 0 saturated carbocycles. The molecule has 0 amide bonds. The molecule has 0 saturated heterocycles. The van der Waals surface area contributed by atoms with E-state index in [9.17, 15) is 22.7 Å². The molecule has 0 atom stereocenters. The molecule has 0 unspecified atom stereocenters. The summed E-state index contributed by atoms with van der Waals surface area (Å²) in [5.74, 6) is -0.750. The second-order valence-electron chi connectivity index (χ2n) is 7.16. The molecular formula is C22H18FNO4S. The Kier molecular flexibility index (Phi) is 4.52. The van der Waals surface area contributed by atoms with Crippen molar-refractivity contribution in [2.75, 3.05) is 0 Å². The minimum absolute atomic E-state index is 0.0862. The topological polar surface area (TPSA) is 76.4 Å². The first kappa shape index (κ1) is 19.3. The summed E-state index contributed by atoms with van der Waals surface area (Å²) in [6, 6.07) is 11.8. The van der Waals surface area contributed by atoms with Crippen LogP contribution in [-0.4, -0.2) is 28.9 Å². The van der Waals surface area contributed by atoms with Gasteiger partial charge < -0.3 is 5.11 Å². The number of aliphatic hydroxyl groups is 1. The zero-order valence-electron chi connectivity index (χ0n) is 15.5. The molecule has 1 aliphatic carbocycles. The van der Waals surface area contributed by atoms with Crippen molar-refractivity contribution in [3.63, 3.8) is 0 Å². The van der Waals surface area contributed by atoms with E-state index in [2.05, 4.69) is 0 Å². The average Bonchev–Trinajstić information content (AvgIpc) is 3.02.